The van der Waals surface area contributed by atoms with Crippen LogP contribution in [0.2, 0.25) is 0 Å². The lowest BCUT2D eigenvalue weighted by molar-refractivity contribution is 0.0702. The lowest BCUT2D eigenvalue weighted by atomic mass is 10.4. The molecule has 0 aliphatic heterocycles. The van der Waals surface area contributed by atoms with Crippen LogP contribution in [0.4, 0.5) is 0 Å². The molecule has 1 N–H and O–H groups in total. The Kier molecular flexibility index (Phi) is 6.12. The summed E-state index contributed by atoms with van der Waals surface area (Å²) in [6.45, 7) is 6.60. The monoisotopic (exact) mass is 321 g/mol. The van der Waals surface area contributed by atoms with Crippen molar-refractivity contribution < 1.29 is 23.1 Å². The highest BCUT2D eigenvalue weighted by molar-refractivity contribution is 7.89. The molecule has 1 heterocycles. The summed E-state index contributed by atoms with van der Waals surface area (Å²) in [6, 6.07) is 1.22. The molecule has 0 unspecified atom stereocenters. The minimum atomic E-state index is -3.67. The maximum absolute atomic E-state index is 12.5. The van der Waals surface area contributed by atoms with Gasteiger partial charge in [-0.15, -0.1) is 11.3 Å². The topological polar surface area (TPSA) is 83.9 Å². The van der Waals surface area contributed by atoms with E-state index in [4.69, 9.17) is 9.84 Å². The zero-order valence-electron chi connectivity index (χ0n) is 11.7. The van der Waals surface area contributed by atoms with Crippen LogP contribution in [0.15, 0.2) is 11.0 Å². The molecule has 0 atom stereocenters. The Labute approximate surface area is 123 Å². The van der Waals surface area contributed by atoms with E-state index in [2.05, 4.69) is 0 Å². The number of nitrogens with zero attached hydrogens (tertiary/aromatic N) is 1. The van der Waals surface area contributed by atoms with E-state index in [9.17, 15) is 13.2 Å². The number of ether oxygens (including phenoxy) is 1. The van der Waals surface area contributed by atoms with Crippen molar-refractivity contribution in [2.75, 3.05) is 26.3 Å². The van der Waals surface area contributed by atoms with Crippen molar-refractivity contribution in [3.8, 4) is 0 Å². The molecule has 1 rings (SSSR count). The third-order valence-electron chi connectivity index (χ3n) is 2.74. The first kappa shape index (κ1) is 17.1. The second-order valence-electron chi connectivity index (χ2n) is 4.03. The number of hydrogen-bond donors (Lipinski definition) is 1. The third kappa shape index (κ3) is 3.78. The number of sulfonamides is 1. The van der Waals surface area contributed by atoms with E-state index >= 15 is 0 Å². The van der Waals surface area contributed by atoms with Crippen LogP contribution < -0.4 is 0 Å². The van der Waals surface area contributed by atoms with E-state index in [1.807, 2.05) is 6.92 Å². The normalized spacial score (nSPS) is 12.0. The Morgan fingerprint density at radius 1 is 1.45 bits per heavy atom. The Bertz CT molecular complexity index is 564. The van der Waals surface area contributed by atoms with Crippen molar-refractivity contribution in [2.24, 2.45) is 0 Å². The number of carboxylic acids is 1. The fraction of sp³-hybridized carbons (Fsp3) is 0.583. The van der Waals surface area contributed by atoms with Crippen molar-refractivity contribution in [1.29, 1.82) is 0 Å². The Hall–Kier alpha value is -0.960. The summed E-state index contributed by atoms with van der Waals surface area (Å²) >= 11 is 0.969. The summed E-state index contributed by atoms with van der Waals surface area (Å²) in [6.07, 6.45) is 0. The maximum Gasteiger partial charge on any atom is 0.345 e. The van der Waals surface area contributed by atoms with Gasteiger partial charge in [-0.2, -0.15) is 4.31 Å². The van der Waals surface area contributed by atoms with Gasteiger partial charge in [-0.05, 0) is 19.9 Å². The van der Waals surface area contributed by atoms with E-state index < -0.39 is 16.0 Å². The summed E-state index contributed by atoms with van der Waals surface area (Å²) in [5, 5.41) is 8.94. The van der Waals surface area contributed by atoms with Gasteiger partial charge in [0, 0.05) is 24.6 Å². The van der Waals surface area contributed by atoms with Crippen molar-refractivity contribution >= 4 is 27.3 Å². The molecular weight excluding hydrogens is 302 g/mol. The van der Waals surface area contributed by atoms with Crippen molar-refractivity contribution in [3.63, 3.8) is 0 Å². The average molecular weight is 321 g/mol. The van der Waals surface area contributed by atoms with Crippen LogP contribution in [0, 0.1) is 6.92 Å². The van der Waals surface area contributed by atoms with Crippen LogP contribution in [0.3, 0.4) is 0 Å². The molecule has 0 bridgehead atoms. The molecule has 6 nitrogen and oxygen atoms in total. The van der Waals surface area contributed by atoms with Gasteiger partial charge >= 0.3 is 5.97 Å². The molecule has 8 heteroatoms. The second kappa shape index (κ2) is 7.16. The Balaban J connectivity index is 3.04. The van der Waals surface area contributed by atoms with E-state index in [0.717, 1.165) is 11.3 Å². The SMILES string of the molecule is CCOCCN(CC)S(=O)(=O)c1cc(C(=O)O)sc1C. The predicted molar refractivity (Wildman–Crippen MR) is 76.9 cm³/mol. The Morgan fingerprint density at radius 3 is 2.55 bits per heavy atom. The number of likely N-dealkylation sites (N-methyl/N-ethyl adjacent to an activating group) is 1. The average Bonchev–Trinajstić information content (AvgIpc) is 2.77. The van der Waals surface area contributed by atoms with Gasteiger partial charge < -0.3 is 9.84 Å². The lowest BCUT2D eigenvalue weighted by Crippen LogP contribution is -2.34. The quantitative estimate of drug-likeness (QED) is 0.738. The number of hydrogen-bond acceptors (Lipinski definition) is 5. The summed E-state index contributed by atoms with van der Waals surface area (Å²) in [5.41, 5.74) is 0. The number of rotatable bonds is 8. The van der Waals surface area contributed by atoms with Gasteiger partial charge in [-0.25, -0.2) is 13.2 Å². The molecule has 1 aromatic heterocycles. The third-order valence-corrected chi connectivity index (χ3v) is 6.01. The number of aromatic carboxylic acids is 1. The van der Waals surface area contributed by atoms with E-state index in [1.54, 1.807) is 13.8 Å². The number of aryl methyl sites for hydroxylation is 1. The fourth-order valence-electron chi connectivity index (χ4n) is 1.72. The predicted octanol–water partition coefficient (Wildman–Crippen LogP) is 1.80. The van der Waals surface area contributed by atoms with Gasteiger partial charge in [0.1, 0.15) is 4.88 Å². The van der Waals surface area contributed by atoms with Crippen LogP contribution in [-0.2, 0) is 14.8 Å². The largest absolute Gasteiger partial charge is 0.477 e. The minimum Gasteiger partial charge on any atom is -0.477 e. The highest BCUT2D eigenvalue weighted by atomic mass is 32.2. The Morgan fingerprint density at radius 2 is 2.10 bits per heavy atom. The fourth-order valence-corrected chi connectivity index (χ4v) is 4.56. The van der Waals surface area contributed by atoms with E-state index in [1.165, 1.54) is 10.4 Å². The summed E-state index contributed by atoms with van der Waals surface area (Å²) in [7, 11) is -3.67. The first-order valence-corrected chi connectivity index (χ1v) is 8.51. The second-order valence-corrected chi connectivity index (χ2v) is 7.19. The van der Waals surface area contributed by atoms with Crippen LogP contribution in [0.1, 0.15) is 28.4 Å². The molecular formula is C12H19NO5S2. The highest BCUT2D eigenvalue weighted by Gasteiger charge is 2.27. The summed E-state index contributed by atoms with van der Waals surface area (Å²) in [4.78, 5) is 11.5. The first-order valence-electron chi connectivity index (χ1n) is 6.26. The van der Waals surface area contributed by atoms with Crippen LogP contribution in [0.5, 0.6) is 0 Å². The highest BCUT2D eigenvalue weighted by Crippen LogP contribution is 2.28. The lowest BCUT2D eigenvalue weighted by Gasteiger charge is -2.20. The van der Waals surface area contributed by atoms with Gasteiger partial charge in [0.2, 0.25) is 10.0 Å². The number of carbonyl (C=O) groups is 1. The molecule has 1 aromatic rings. The minimum absolute atomic E-state index is 0.0296. The van der Waals surface area contributed by atoms with Crippen LogP contribution >= 0.6 is 11.3 Å². The molecule has 0 radical (unpaired) electrons. The molecule has 0 saturated heterocycles. The van der Waals surface area contributed by atoms with Gasteiger partial charge in [0.15, 0.2) is 0 Å². The number of thiophene rings is 1. The van der Waals surface area contributed by atoms with E-state index in [0.29, 0.717) is 24.6 Å². The zero-order chi connectivity index (χ0) is 15.3. The first-order chi connectivity index (χ1) is 9.34. The molecule has 0 amide bonds. The smallest absolute Gasteiger partial charge is 0.345 e. The van der Waals surface area contributed by atoms with E-state index in [-0.39, 0.29) is 16.3 Å². The molecule has 0 aliphatic carbocycles. The van der Waals surface area contributed by atoms with Crippen molar-refractivity contribution in [3.05, 3.63) is 15.8 Å². The van der Waals surface area contributed by atoms with Gasteiger partial charge in [0.25, 0.3) is 0 Å². The summed E-state index contributed by atoms with van der Waals surface area (Å²) in [5.74, 6) is -1.11. The van der Waals surface area contributed by atoms with Crippen molar-refractivity contribution in [1.82, 2.24) is 4.31 Å². The van der Waals surface area contributed by atoms with Crippen molar-refractivity contribution in [2.45, 2.75) is 25.7 Å². The maximum atomic E-state index is 12.5. The van der Waals surface area contributed by atoms with Crippen LogP contribution in [-0.4, -0.2) is 50.1 Å². The standard InChI is InChI=1S/C12H19NO5S2/c1-4-13(6-7-18-5-2)20(16,17)11-8-10(12(14)15)19-9(11)3/h8H,4-7H2,1-3H3,(H,14,15). The molecule has 0 aromatic carbocycles. The molecule has 0 saturated carbocycles. The number of carboxylic acid groups (broad SMARTS) is 1. The molecule has 20 heavy (non-hydrogen) atoms. The zero-order valence-corrected chi connectivity index (χ0v) is 13.4. The van der Waals surface area contributed by atoms with Crippen LogP contribution in [0.25, 0.3) is 0 Å². The molecule has 0 aliphatic rings. The van der Waals surface area contributed by atoms with Gasteiger partial charge in [-0.3, -0.25) is 0 Å². The molecule has 114 valence electrons. The summed E-state index contributed by atoms with van der Waals surface area (Å²) < 4.78 is 31.5. The van der Waals surface area contributed by atoms with Gasteiger partial charge in [0.05, 0.1) is 11.5 Å². The molecule has 0 fully saturated rings. The van der Waals surface area contributed by atoms with Gasteiger partial charge in [-0.1, -0.05) is 6.92 Å². The molecule has 0 spiro atoms.